The maximum atomic E-state index is 5.18. The maximum Gasteiger partial charge on any atom is 0.137 e. The van der Waals surface area contributed by atoms with Gasteiger partial charge in [-0.05, 0) is 5.21 Å². The Labute approximate surface area is 64.5 Å². The first-order chi connectivity index (χ1) is 5.47. The third kappa shape index (κ3) is 1.32. The quantitative estimate of drug-likeness (QED) is 0.521. The van der Waals surface area contributed by atoms with Crippen LogP contribution in [-0.2, 0) is 4.74 Å². The zero-order valence-electron chi connectivity index (χ0n) is 6.10. The van der Waals surface area contributed by atoms with Gasteiger partial charge < -0.3 is 4.74 Å². The number of morpholine rings is 1. The van der Waals surface area contributed by atoms with Gasteiger partial charge in [0.05, 0.1) is 32.5 Å². The second-order valence-electron chi connectivity index (χ2n) is 2.33. The fraction of sp³-hybridized carbons (Fsp3) is 0.667. The molecule has 1 aromatic heterocycles. The molecule has 1 aromatic rings. The Balaban J connectivity index is 2.04. The maximum absolute atomic E-state index is 5.18. The Bertz CT molecular complexity index is 204. The summed E-state index contributed by atoms with van der Waals surface area (Å²) in [6, 6.07) is 0. The Kier molecular flexibility index (Phi) is 1.72. The number of ether oxygens (including phenoxy) is 1. The third-order valence-electron chi connectivity index (χ3n) is 1.64. The summed E-state index contributed by atoms with van der Waals surface area (Å²) in [6.07, 6.45) is 4.36. The number of hydrogen-bond donors (Lipinski definition) is 0. The monoisotopic (exact) mass is 153 g/mol. The van der Waals surface area contributed by atoms with Crippen LogP contribution >= 0.6 is 0 Å². The highest BCUT2D eigenvalue weighted by Gasteiger charge is 2.10. The zero-order chi connectivity index (χ0) is 7.52. The van der Waals surface area contributed by atoms with Gasteiger partial charge >= 0.3 is 0 Å². The first-order valence-electron chi connectivity index (χ1n) is 3.58. The molecule has 0 atom stereocenters. The standard InChI is InChI=1S/C6H9N4O/c1-2-10(8-7-1)9-3-5-11-6-4-9/h2H,3-6H2. The average molecular weight is 153 g/mol. The highest BCUT2D eigenvalue weighted by molar-refractivity contribution is 4.84. The molecule has 11 heavy (non-hydrogen) atoms. The summed E-state index contributed by atoms with van der Waals surface area (Å²) < 4.78 is 5.18. The smallest absolute Gasteiger partial charge is 0.137 e. The van der Waals surface area contributed by atoms with Gasteiger partial charge in [-0.2, -0.15) is 4.79 Å². The van der Waals surface area contributed by atoms with Crippen molar-refractivity contribution >= 4 is 0 Å². The normalized spacial score (nSPS) is 18.7. The average Bonchev–Trinajstić information content (AvgIpc) is 2.58. The van der Waals surface area contributed by atoms with Gasteiger partial charge in [-0.3, -0.25) is 5.01 Å². The number of nitrogens with zero attached hydrogens (tertiary/aromatic N) is 4. The van der Waals surface area contributed by atoms with Crippen LogP contribution in [0.1, 0.15) is 0 Å². The van der Waals surface area contributed by atoms with E-state index in [1.807, 2.05) is 0 Å². The number of aromatic nitrogens is 3. The van der Waals surface area contributed by atoms with Crippen LogP contribution in [0.15, 0.2) is 6.20 Å². The lowest BCUT2D eigenvalue weighted by atomic mass is 10.5. The third-order valence-corrected chi connectivity index (χ3v) is 1.64. The van der Waals surface area contributed by atoms with E-state index in [0.29, 0.717) is 0 Å². The largest absolute Gasteiger partial charge is 0.378 e. The van der Waals surface area contributed by atoms with Crippen molar-refractivity contribution in [1.29, 1.82) is 0 Å². The fourth-order valence-electron chi connectivity index (χ4n) is 1.07. The van der Waals surface area contributed by atoms with Gasteiger partial charge in [-0.25, -0.2) is 0 Å². The van der Waals surface area contributed by atoms with E-state index in [2.05, 4.69) is 21.5 Å². The highest BCUT2D eigenvalue weighted by Crippen LogP contribution is 1.93. The molecule has 0 unspecified atom stereocenters. The summed E-state index contributed by atoms with van der Waals surface area (Å²) in [7, 11) is 0. The Morgan fingerprint density at radius 3 is 2.82 bits per heavy atom. The molecule has 2 rings (SSSR count). The molecule has 0 aromatic carbocycles. The molecule has 0 bridgehead atoms. The van der Waals surface area contributed by atoms with E-state index in [1.54, 1.807) is 11.0 Å². The molecule has 1 saturated heterocycles. The molecule has 1 radical (unpaired) electrons. The number of hydrogen-bond acceptors (Lipinski definition) is 4. The molecular weight excluding hydrogens is 144 g/mol. The van der Waals surface area contributed by atoms with Crippen molar-refractivity contribution in [2.45, 2.75) is 0 Å². The van der Waals surface area contributed by atoms with Crippen LogP contribution in [0.3, 0.4) is 0 Å². The van der Waals surface area contributed by atoms with E-state index in [4.69, 9.17) is 4.74 Å². The molecule has 2 heterocycles. The molecule has 5 heteroatoms. The fourth-order valence-corrected chi connectivity index (χ4v) is 1.07. The van der Waals surface area contributed by atoms with Crippen LogP contribution in [0.2, 0.25) is 0 Å². The first-order valence-corrected chi connectivity index (χ1v) is 3.58. The molecule has 0 amide bonds. The van der Waals surface area contributed by atoms with Crippen molar-refractivity contribution in [2.24, 2.45) is 0 Å². The van der Waals surface area contributed by atoms with Crippen LogP contribution in [0.5, 0.6) is 0 Å². The molecule has 1 fully saturated rings. The van der Waals surface area contributed by atoms with Crippen LogP contribution < -0.4 is 5.01 Å². The Hall–Kier alpha value is -1.10. The molecule has 0 N–H and O–H groups in total. The zero-order valence-corrected chi connectivity index (χ0v) is 6.10. The molecule has 1 aliphatic rings. The van der Waals surface area contributed by atoms with Gasteiger partial charge in [-0.1, -0.05) is 0 Å². The first kappa shape index (κ1) is 6.60. The minimum absolute atomic E-state index is 0.764. The minimum atomic E-state index is 0.764. The summed E-state index contributed by atoms with van der Waals surface area (Å²) in [5, 5.41) is 9.49. The van der Waals surface area contributed by atoms with Gasteiger partial charge in [-0.15, -0.1) is 5.10 Å². The molecule has 1 aliphatic heterocycles. The van der Waals surface area contributed by atoms with E-state index >= 15 is 0 Å². The SMILES string of the molecule is [c]1cn(N2CCOCC2)nn1. The van der Waals surface area contributed by atoms with Gasteiger partial charge in [0, 0.05) is 0 Å². The van der Waals surface area contributed by atoms with E-state index in [1.165, 1.54) is 0 Å². The number of rotatable bonds is 1. The van der Waals surface area contributed by atoms with Gasteiger partial charge in [0.2, 0.25) is 0 Å². The minimum Gasteiger partial charge on any atom is -0.378 e. The van der Waals surface area contributed by atoms with Crippen LogP contribution in [0.25, 0.3) is 0 Å². The van der Waals surface area contributed by atoms with Crippen LogP contribution in [0, 0.1) is 6.20 Å². The Morgan fingerprint density at radius 1 is 1.36 bits per heavy atom. The van der Waals surface area contributed by atoms with Crippen molar-refractivity contribution < 1.29 is 4.74 Å². The predicted molar refractivity (Wildman–Crippen MR) is 37.6 cm³/mol. The van der Waals surface area contributed by atoms with Crippen LogP contribution in [0.4, 0.5) is 0 Å². The molecule has 59 valence electrons. The molecule has 0 aliphatic carbocycles. The lowest BCUT2D eigenvalue weighted by molar-refractivity contribution is 0.108. The van der Waals surface area contributed by atoms with Gasteiger partial charge in [0.25, 0.3) is 0 Å². The topological polar surface area (TPSA) is 43.2 Å². The molecule has 5 nitrogen and oxygen atoms in total. The van der Waals surface area contributed by atoms with E-state index in [0.717, 1.165) is 26.3 Å². The molecular formula is C6H9N4O. The summed E-state index contributed by atoms with van der Waals surface area (Å²) >= 11 is 0. The van der Waals surface area contributed by atoms with Crippen molar-refractivity contribution in [1.82, 2.24) is 15.1 Å². The second kappa shape index (κ2) is 2.87. The summed E-state index contributed by atoms with van der Waals surface area (Å²) in [5.41, 5.74) is 0. The van der Waals surface area contributed by atoms with Crippen molar-refractivity contribution in [2.75, 3.05) is 31.3 Å². The van der Waals surface area contributed by atoms with E-state index < -0.39 is 0 Å². The second-order valence-corrected chi connectivity index (χ2v) is 2.33. The van der Waals surface area contributed by atoms with Gasteiger partial charge in [0.1, 0.15) is 6.20 Å². The van der Waals surface area contributed by atoms with Crippen molar-refractivity contribution in [3.63, 3.8) is 0 Å². The Morgan fingerprint density at radius 2 is 2.18 bits per heavy atom. The van der Waals surface area contributed by atoms with Crippen molar-refractivity contribution in [3.05, 3.63) is 12.4 Å². The highest BCUT2D eigenvalue weighted by atomic mass is 16.5. The molecule has 0 saturated carbocycles. The predicted octanol–water partition coefficient (Wildman–Crippen LogP) is -0.954. The lowest BCUT2D eigenvalue weighted by Crippen LogP contribution is -2.44. The van der Waals surface area contributed by atoms with E-state index in [-0.39, 0.29) is 0 Å². The summed E-state index contributed by atoms with van der Waals surface area (Å²) in [5.74, 6) is 0. The van der Waals surface area contributed by atoms with Crippen molar-refractivity contribution in [3.8, 4) is 0 Å². The van der Waals surface area contributed by atoms with E-state index in [9.17, 15) is 0 Å². The lowest BCUT2D eigenvalue weighted by Gasteiger charge is -2.27. The van der Waals surface area contributed by atoms with Gasteiger partial charge in [0.15, 0.2) is 0 Å². The summed E-state index contributed by atoms with van der Waals surface area (Å²) in [6.45, 7) is 3.27. The van der Waals surface area contributed by atoms with Crippen LogP contribution in [-0.4, -0.2) is 41.4 Å². The summed E-state index contributed by atoms with van der Waals surface area (Å²) in [4.78, 5) is 1.70. The molecule has 0 spiro atoms.